The van der Waals surface area contributed by atoms with E-state index in [1.54, 1.807) is 13.0 Å². The average molecular weight is 743 g/mol. The lowest BCUT2D eigenvalue weighted by Crippen LogP contribution is -2.70. The molecule has 0 aromatic carbocycles. The summed E-state index contributed by atoms with van der Waals surface area (Å²) in [4.78, 5) is 27.5. The molecule has 6 fully saturated rings. The van der Waals surface area contributed by atoms with E-state index >= 15 is 0 Å². The molecule has 0 aromatic heterocycles. The summed E-state index contributed by atoms with van der Waals surface area (Å²) in [5, 5.41) is 40.5. The second kappa shape index (κ2) is 16.4. The van der Waals surface area contributed by atoms with E-state index in [4.69, 9.17) is 25.7 Å². The molecule has 0 radical (unpaired) electrons. The molecule has 12 nitrogen and oxygen atoms in total. The van der Waals surface area contributed by atoms with Crippen LogP contribution in [0.4, 0.5) is 0 Å². The van der Waals surface area contributed by atoms with E-state index < -0.39 is 53.9 Å². The fraction of sp³-hybridized carbons (Fsp3) is 0.854. The maximum atomic E-state index is 14.1. The van der Waals surface area contributed by atoms with Crippen LogP contribution in [0.3, 0.4) is 0 Å². The molecule has 2 saturated carbocycles. The van der Waals surface area contributed by atoms with Gasteiger partial charge in [-0.1, -0.05) is 24.6 Å². The van der Waals surface area contributed by atoms with Crippen molar-refractivity contribution in [2.75, 3.05) is 19.7 Å². The summed E-state index contributed by atoms with van der Waals surface area (Å²) in [7, 11) is 0. The van der Waals surface area contributed by atoms with Crippen molar-refractivity contribution >= 4 is 11.8 Å². The van der Waals surface area contributed by atoms with Gasteiger partial charge < -0.3 is 51.6 Å². The summed E-state index contributed by atoms with van der Waals surface area (Å²) in [6.45, 7) is 6.92. The van der Waals surface area contributed by atoms with Crippen molar-refractivity contribution in [3.05, 3.63) is 23.8 Å². The van der Waals surface area contributed by atoms with Crippen molar-refractivity contribution in [3.63, 3.8) is 0 Å². The molecule has 7 aliphatic rings. The fourth-order valence-electron chi connectivity index (χ4n) is 11.8. The number of fused-ring (bicyclic) bond motifs is 3. The van der Waals surface area contributed by atoms with Crippen LogP contribution in [-0.2, 0) is 23.8 Å². The third-order valence-electron chi connectivity index (χ3n) is 14.8. The van der Waals surface area contributed by atoms with Crippen LogP contribution in [0.15, 0.2) is 23.8 Å². The predicted molar refractivity (Wildman–Crippen MR) is 199 cm³/mol. The Balaban J connectivity index is 1.31. The molecule has 0 spiro atoms. The molecule has 12 heteroatoms. The lowest BCUT2D eigenvalue weighted by Gasteiger charge is -2.62. The van der Waals surface area contributed by atoms with E-state index in [1.807, 2.05) is 6.92 Å². The van der Waals surface area contributed by atoms with E-state index in [9.17, 15) is 24.9 Å². The van der Waals surface area contributed by atoms with Crippen LogP contribution in [0.5, 0.6) is 0 Å². The third kappa shape index (κ3) is 7.83. The molecule has 4 saturated heterocycles. The number of hydrogen-bond acceptors (Lipinski definition) is 12. The maximum absolute atomic E-state index is 14.1. The lowest BCUT2D eigenvalue weighted by molar-refractivity contribution is -0.296. The molecular formula is C41H66N4O8. The monoisotopic (exact) mass is 742 g/mol. The van der Waals surface area contributed by atoms with Gasteiger partial charge in [-0.25, -0.2) is 4.79 Å². The van der Waals surface area contributed by atoms with Gasteiger partial charge in [-0.15, -0.1) is 0 Å². The number of Topliss-reactive ketones (excluding diaryl/α,β-unsaturated/α-hetero) is 1. The number of esters is 1. The Morgan fingerprint density at radius 2 is 1.83 bits per heavy atom. The van der Waals surface area contributed by atoms with Crippen LogP contribution >= 0.6 is 0 Å². The number of ketones is 1. The molecule has 7 rings (SSSR count). The Labute approximate surface area is 315 Å². The molecule has 0 amide bonds. The Bertz CT molecular complexity index is 1370. The Kier molecular flexibility index (Phi) is 12.2. The number of nitrogens with one attached hydrogen (secondary N) is 2. The van der Waals surface area contributed by atoms with Crippen LogP contribution in [0, 0.1) is 53.3 Å². The molecule has 14 unspecified atom stereocenters. The molecule has 0 bridgehead atoms. The summed E-state index contributed by atoms with van der Waals surface area (Å²) in [6.07, 6.45) is 10.4. The van der Waals surface area contributed by atoms with Gasteiger partial charge in [0.05, 0.1) is 55.4 Å². The number of ether oxygens (including phenoxy) is 3. The number of carbonyl (C=O) groups excluding carboxylic acids is 2. The zero-order valence-corrected chi connectivity index (χ0v) is 32.0. The minimum atomic E-state index is -1.06. The highest BCUT2D eigenvalue weighted by molar-refractivity contribution is 5.87. The lowest BCUT2D eigenvalue weighted by atomic mass is 9.51. The molecule has 18 atom stereocenters. The van der Waals surface area contributed by atoms with E-state index in [0.717, 1.165) is 58.0 Å². The Morgan fingerprint density at radius 1 is 1.04 bits per heavy atom. The van der Waals surface area contributed by atoms with Crippen LogP contribution in [0.2, 0.25) is 0 Å². The van der Waals surface area contributed by atoms with E-state index in [1.165, 1.54) is 0 Å². The standard InChI is InChI=1S/C41H66N4O8/c1-4-21(2)40(50)52-31-18-29-36(49)34-30(48)17-25(20-46)51-38(34)35(37(29)53-41(31,3)14-12-22-8-11-32(42)45-19-22)33-26(23-6-5-7-24(47)16-23)9-10-28-27(33)13-15-44-39(28)43/h4,9-10,22-29,31-39,44-47,49H,5-8,11-20,42-43H2,1-3H3/t22?,23?,24?,25?,26-,27?,28?,29?,31-,32?,33+,34?,35?,36?,37?,38?,39?,41-/m0/s1. The molecule has 0 aromatic rings. The number of carbonyl (C=O) groups is 2. The SMILES string of the molecule is CC=C(C)C(=O)O[C@H]1CC2C(O)C3C(=O)CC(CO)OC3C([C@H]3C4CCNC(N)C4C=C[C@H]3C3CCCC(O)C3)C2O[C@@]1(C)CCC1CCC(N)NC1. The number of aliphatic hydroxyl groups excluding tert-OH is 3. The van der Waals surface area contributed by atoms with Gasteiger partial charge >= 0.3 is 5.97 Å². The molecule has 9 N–H and O–H groups in total. The second-order valence-corrected chi connectivity index (χ2v) is 18.0. The van der Waals surface area contributed by atoms with Gasteiger partial charge in [0.25, 0.3) is 0 Å². The van der Waals surface area contributed by atoms with E-state index in [0.29, 0.717) is 30.8 Å². The number of rotatable bonds is 8. The number of allylic oxidation sites excluding steroid dienone is 2. The van der Waals surface area contributed by atoms with Crippen molar-refractivity contribution < 1.29 is 39.1 Å². The Morgan fingerprint density at radius 3 is 2.55 bits per heavy atom. The van der Waals surface area contributed by atoms with Crippen LogP contribution < -0.4 is 22.1 Å². The largest absolute Gasteiger partial charge is 0.456 e. The maximum Gasteiger partial charge on any atom is 0.333 e. The second-order valence-electron chi connectivity index (χ2n) is 18.0. The smallest absolute Gasteiger partial charge is 0.333 e. The van der Waals surface area contributed by atoms with Gasteiger partial charge in [0.15, 0.2) is 0 Å². The van der Waals surface area contributed by atoms with Gasteiger partial charge in [0.2, 0.25) is 0 Å². The highest BCUT2D eigenvalue weighted by Gasteiger charge is 2.65. The molecule has 4 aliphatic heterocycles. The van der Waals surface area contributed by atoms with Crippen LogP contribution in [0.25, 0.3) is 0 Å². The third-order valence-corrected chi connectivity index (χ3v) is 14.8. The van der Waals surface area contributed by atoms with Crippen LogP contribution in [-0.4, -0.2) is 101 Å². The fourth-order valence-corrected chi connectivity index (χ4v) is 11.8. The first kappa shape index (κ1) is 39.5. The van der Waals surface area contributed by atoms with E-state index in [2.05, 4.69) is 29.7 Å². The summed E-state index contributed by atoms with van der Waals surface area (Å²) >= 11 is 0. The molecule has 4 heterocycles. The van der Waals surface area contributed by atoms with Crippen molar-refractivity contribution in [2.24, 2.45) is 64.7 Å². The minimum Gasteiger partial charge on any atom is -0.456 e. The predicted octanol–water partition coefficient (Wildman–Crippen LogP) is 2.28. The number of nitrogens with two attached hydrogens (primary N) is 2. The number of aliphatic hydroxyl groups is 3. The molecule has 298 valence electrons. The summed E-state index contributed by atoms with van der Waals surface area (Å²) in [5.41, 5.74) is 12.6. The molecule has 3 aliphatic carbocycles. The van der Waals surface area contributed by atoms with Crippen molar-refractivity contribution in [1.29, 1.82) is 0 Å². The first-order valence-electron chi connectivity index (χ1n) is 20.8. The Hall–Kier alpha value is -1.74. The normalized spacial score (nSPS) is 49.0. The topological polar surface area (TPSA) is 199 Å². The highest BCUT2D eigenvalue weighted by atomic mass is 16.6. The number of piperidine rings is 2. The summed E-state index contributed by atoms with van der Waals surface area (Å²) in [5.74, 6) is -1.14. The van der Waals surface area contributed by atoms with Gasteiger partial charge in [-0.3, -0.25) is 4.79 Å². The first-order chi connectivity index (χ1) is 25.4. The van der Waals surface area contributed by atoms with Gasteiger partial charge in [-0.2, -0.15) is 0 Å². The highest BCUT2D eigenvalue weighted by Crippen LogP contribution is 2.58. The zero-order chi connectivity index (χ0) is 37.6. The van der Waals surface area contributed by atoms with E-state index in [-0.39, 0.29) is 72.8 Å². The van der Waals surface area contributed by atoms with Crippen LogP contribution in [0.1, 0.15) is 91.4 Å². The van der Waals surface area contributed by atoms with Gasteiger partial charge in [0.1, 0.15) is 17.5 Å². The summed E-state index contributed by atoms with van der Waals surface area (Å²) in [6, 6.07) is 0. The average Bonchev–Trinajstić information content (AvgIpc) is 3.14. The van der Waals surface area contributed by atoms with Gasteiger partial charge in [-0.05, 0) is 121 Å². The molecular weight excluding hydrogens is 676 g/mol. The first-order valence-corrected chi connectivity index (χ1v) is 20.8. The van der Waals surface area contributed by atoms with Crippen molar-refractivity contribution in [1.82, 2.24) is 10.6 Å². The minimum absolute atomic E-state index is 0.000821. The zero-order valence-electron chi connectivity index (χ0n) is 32.0. The van der Waals surface area contributed by atoms with Gasteiger partial charge in [0, 0.05) is 29.7 Å². The molecule has 53 heavy (non-hydrogen) atoms. The van der Waals surface area contributed by atoms with Crippen molar-refractivity contribution in [3.8, 4) is 0 Å². The number of hydrogen-bond donors (Lipinski definition) is 7. The summed E-state index contributed by atoms with van der Waals surface area (Å²) < 4.78 is 20.6. The quantitative estimate of drug-likeness (QED) is 0.109. The van der Waals surface area contributed by atoms with Crippen molar-refractivity contribution in [2.45, 2.75) is 146 Å².